The second-order valence-electron chi connectivity index (χ2n) is 6.31. The fourth-order valence-corrected chi connectivity index (χ4v) is 4.71. The van der Waals surface area contributed by atoms with E-state index < -0.39 is 26.4 Å². The number of amides is 1. The van der Waals surface area contributed by atoms with Crippen molar-refractivity contribution in [3.63, 3.8) is 0 Å². The van der Waals surface area contributed by atoms with Gasteiger partial charge in [0.1, 0.15) is 0 Å². The molecule has 166 valence electrons. The lowest BCUT2D eigenvalue weighted by molar-refractivity contribution is -0.113. The molecule has 1 heterocycles. The number of carbonyl (C=O) groups is 1. The first-order chi connectivity index (χ1) is 14.7. The summed E-state index contributed by atoms with van der Waals surface area (Å²) in [7, 11) is -3.29. The molecule has 0 unspecified atom stereocenters. The van der Waals surface area contributed by atoms with Crippen LogP contribution in [0.3, 0.4) is 0 Å². The minimum atomic E-state index is -4.86. The van der Waals surface area contributed by atoms with Crippen LogP contribution in [-0.4, -0.2) is 49.1 Å². The van der Waals surface area contributed by atoms with Gasteiger partial charge in [0.05, 0.1) is 34.0 Å². The van der Waals surface area contributed by atoms with E-state index in [2.05, 4.69) is 10.3 Å². The van der Waals surface area contributed by atoms with Crippen LogP contribution in [0.15, 0.2) is 52.5 Å². The van der Waals surface area contributed by atoms with Crippen molar-refractivity contribution >= 4 is 55.8 Å². The third-order valence-electron chi connectivity index (χ3n) is 4.23. The van der Waals surface area contributed by atoms with Gasteiger partial charge in [0.25, 0.3) is 0 Å². The number of hydrogen-bond donors (Lipinski definition) is 1. The van der Waals surface area contributed by atoms with Crippen LogP contribution in [0.1, 0.15) is 0 Å². The zero-order valence-corrected chi connectivity index (χ0v) is 18.6. The number of nitrogens with zero attached hydrogens (tertiary/aromatic N) is 2. The first kappa shape index (κ1) is 23.5. The van der Waals surface area contributed by atoms with Gasteiger partial charge in [0.2, 0.25) is 15.7 Å². The van der Waals surface area contributed by atoms with Crippen molar-refractivity contribution in [2.75, 3.05) is 24.8 Å². The molecule has 0 radical (unpaired) electrons. The Bertz CT molecular complexity index is 1200. The number of rotatable bonds is 9. The molecule has 7 nitrogen and oxygen atoms in total. The Morgan fingerprint density at radius 3 is 2.74 bits per heavy atom. The summed E-state index contributed by atoms with van der Waals surface area (Å²) in [6.45, 7) is 0.917. The second kappa shape index (κ2) is 9.94. The zero-order valence-electron chi connectivity index (χ0n) is 16.2. The third kappa shape index (κ3) is 5.35. The van der Waals surface area contributed by atoms with Gasteiger partial charge in [-0.2, -0.15) is 8.78 Å². The van der Waals surface area contributed by atoms with Crippen LogP contribution in [-0.2, 0) is 25.9 Å². The Kier molecular flexibility index (Phi) is 7.52. The topological polar surface area (TPSA) is 90.3 Å². The molecule has 3 aromatic rings. The maximum atomic E-state index is 12.9. The predicted molar refractivity (Wildman–Crippen MR) is 116 cm³/mol. The fourth-order valence-electron chi connectivity index (χ4n) is 2.82. The van der Waals surface area contributed by atoms with Crippen LogP contribution in [0, 0.1) is 0 Å². The molecule has 3 rings (SSSR count). The molecule has 0 atom stereocenters. The van der Waals surface area contributed by atoms with E-state index in [9.17, 15) is 22.0 Å². The summed E-state index contributed by atoms with van der Waals surface area (Å²) in [4.78, 5) is 16.3. The number of nitrogens with one attached hydrogen (secondary N) is 1. The molecule has 0 aliphatic heterocycles. The van der Waals surface area contributed by atoms with Gasteiger partial charge in [-0.3, -0.25) is 4.79 Å². The van der Waals surface area contributed by atoms with E-state index in [4.69, 9.17) is 16.3 Å². The highest BCUT2D eigenvalue weighted by atomic mass is 35.5. The number of hydrogen-bond acceptors (Lipinski definition) is 6. The highest BCUT2D eigenvalue weighted by Gasteiger charge is 2.29. The summed E-state index contributed by atoms with van der Waals surface area (Å²) >= 11 is 7.15. The average molecular weight is 490 g/mol. The number of imidazole rings is 1. The van der Waals surface area contributed by atoms with Gasteiger partial charge in [-0.05, 0) is 30.3 Å². The van der Waals surface area contributed by atoms with Gasteiger partial charge >= 0.3 is 5.76 Å². The maximum absolute atomic E-state index is 12.9. The van der Waals surface area contributed by atoms with Crippen molar-refractivity contribution in [1.29, 1.82) is 0 Å². The van der Waals surface area contributed by atoms with Crippen molar-refractivity contribution in [3.8, 4) is 0 Å². The van der Waals surface area contributed by atoms with Crippen molar-refractivity contribution in [1.82, 2.24) is 9.55 Å². The smallest absolute Gasteiger partial charge is 0.341 e. The fraction of sp³-hybridized carbons (Fsp3) is 0.263. The van der Waals surface area contributed by atoms with E-state index in [1.165, 1.54) is 18.2 Å². The molecule has 0 bridgehead atoms. The van der Waals surface area contributed by atoms with E-state index in [0.717, 1.165) is 23.3 Å². The molecular formula is C19H18ClF2N3O4S2. The van der Waals surface area contributed by atoms with Crippen LogP contribution >= 0.6 is 23.4 Å². The van der Waals surface area contributed by atoms with Crippen LogP contribution in [0.25, 0.3) is 11.0 Å². The number of ether oxygens (including phenoxy) is 1. The normalized spacial score (nSPS) is 11.9. The third-order valence-corrected chi connectivity index (χ3v) is 6.88. The number of benzene rings is 2. The Hall–Kier alpha value is -2.21. The van der Waals surface area contributed by atoms with E-state index in [1.54, 1.807) is 19.2 Å². The van der Waals surface area contributed by atoms with Crippen LogP contribution in [0.4, 0.5) is 14.5 Å². The van der Waals surface area contributed by atoms with Gasteiger partial charge in [-0.25, -0.2) is 13.4 Å². The standard InChI is InChI=1S/C19H18ClF2N3O4S2/c1-29-9-8-25-15-7-6-12(20)10-14(15)24-19(25)30-11-17(26)23-13-4-2-3-5-16(13)31(27,28)18(21)22/h2-7,10,18H,8-9,11H2,1H3,(H,23,26). The maximum Gasteiger partial charge on any atom is 0.341 e. The molecule has 0 saturated carbocycles. The van der Waals surface area contributed by atoms with E-state index in [-0.39, 0.29) is 11.4 Å². The summed E-state index contributed by atoms with van der Waals surface area (Å²) in [6, 6.07) is 10.3. The number of halogens is 3. The summed E-state index contributed by atoms with van der Waals surface area (Å²) in [5.74, 6) is -4.27. The number of thioether (sulfide) groups is 1. The van der Waals surface area contributed by atoms with Gasteiger partial charge in [0, 0.05) is 18.7 Å². The van der Waals surface area contributed by atoms with Crippen molar-refractivity contribution in [2.45, 2.75) is 22.4 Å². The molecule has 0 aliphatic rings. The van der Waals surface area contributed by atoms with Crippen LogP contribution < -0.4 is 5.32 Å². The Labute approximate surface area is 186 Å². The molecule has 2 aromatic carbocycles. The minimum Gasteiger partial charge on any atom is -0.383 e. The molecule has 12 heteroatoms. The molecule has 0 fully saturated rings. The number of sulfone groups is 1. The minimum absolute atomic E-state index is 0.118. The van der Waals surface area contributed by atoms with Gasteiger partial charge in [-0.1, -0.05) is 35.5 Å². The van der Waals surface area contributed by atoms with Crippen molar-refractivity contribution in [3.05, 3.63) is 47.5 Å². The quantitative estimate of drug-likeness (QED) is 0.456. The number of carbonyl (C=O) groups excluding carboxylic acids is 1. The lowest BCUT2D eigenvalue weighted by atomic mass is 10.3. The molecule has 1 N–H and O–H groups in total. The molecular weight excluding hydrogens is 472 g/mol. The number of anilines is 1. The van der Waals surface area contributed by atoms with E-state index in [1.807, 2.05) is 10.6 Å². The van der Waals surface area contributed by atoms with Gasteiger partial charge < -0.3 is 14.6 Å². The van der Waals surface area contributed by atoms with E-state index in [0.29, 0.717) is 28.8 Å². The molecule has 31 heavy (non-hydrogen) atoms. The van der Waals surface area contributed by atoms with E-state index >= 15 is 0 Å². The Balaban J connectivity index is 1.79. The molecule has 0 spiro atoms. The SMILES string of the molecule is COCCn1c(SCC(=O)Nc2ccccc2S(=O)(=O)C(F)F)nc2cc(Cl)ccc21. The lowest BCUT2D eigenvalue weighted by Gasteiger charge is -2.11. The first-order valence-corrected chi connectivity index (χ1v) is 11.8. The largest absolute Gasteiger partial charge is 0.383 e. The van der Waals surface area contributed by atoms with Gasteiger partial charge in [0.15, 0.2) is 5.16 Å². The number of aromatic nitrogens is 2. The van der Waals surface area contributed by atoms with Gasteiger partial charge in [-0.15, -0.1) is 0 Å². The number of fused-ring (bicyclic) bond motifs is 1. The molecule has 1 aromatic heterocycles. The number of alkyl halides is 2. The Morgan fingerprint density at radius 1 is 1.29 bits per heavy atom. The van der Waals surface area contributed by atoms with Crippen LogP contribution in [0.2, 0.25) is 5.02 Å². The molecule has 1 amide bonds. The lowest BCUT2D eigenvalue weighted by Crippen LogP contribution is -2.19. The summed E-state index contributed by atoms with van der Waals surface area (Å²) in [6.07, 6.45) is 0. The number of para-hydroxylation sites is 1. The van der Waals surface area contributed by atoms with Crippen molar-refractivity contribution in [2.24, 2.45) is 0 Å². The second-order valence-corrected chi connectivity index (χ2v) is 9.58. The summed E-state index contributed by atoms with van der Waals surface area (Å²) in [5, 5.41) is 3.46. The first-order valence-electron chi connectivity index (χ1n) is 8.92. The number of methoxy groups -OCH3 is 1. The highest BCUT2D eigenvalue weighted by Crippen LogP contribution is 2.28. The predicted octanol–water partition coefficient (Wildman–Crippen LogP) is 4.06. The summed E-state index contributed by atoms with van der Waals surface area (Å²) < 4.78 is 56.5. The molecule has 0 aliphatic carbocycles. The average Bonchev–Trinajstić information content (AvgIpc) is 3.07. The highest BCUT2D eigenvalue weighted by molar-refractivity contribution is 7.99. The Morgan fingerprint density at radius 2 is 2.03 bits per heavy atom. The monoisotopic (exact) mass is 489 g/mol. The molecule has 0 saturated heterocycles. The van der Waals surface area contributed by atoms with Crippen LogP contribution in [0.5, 0.6) is 0 Å². The van der Waals surface area contributed by atoms with Crippen molar-refractivity contribution < 1.29 is 26.7 Å². The zero-order chi connectivity index (χ0) is 22.6. The summed E-state index contributed by atoms with van der Waals surface area (Å²) in [5.41, 5.74) is 1.27.